The quantitative estimate of drug-likeness (QED) is 0.776. The molecule has 7 nitrogen and oxygen atoms in total. The Morgan fingerprint density at radius 1 is 1.27 bits per heavy atom. The van der Waals surface area contributed by atoms with Crippen LogP contribution in [-0.4, -0.2) is 46.6 Å². The van der Waals surface area contributed by atoms with Crippen LogP contribution >= 0.6 is 0 Å². The minimum absolute atomic E-state index is 0.189. The van der Waals surface area contributed by atoms with Gasteiger partial charge in [-0.2, -0.15) is 0 Å². The van der Waals surface area contributed by atoms with Gasteiger partial charge in [0.25, 0.3) is 5.91 Å². The fourth-order valence-corrected chi connectivity index (χ4v) is 3.04. The largest absolute Gasteiger partial charge is 0.378 e. The summed E-state index contributed by atoms with van der Waals surface area (Å²) in [5.74, 6) is 0.754. The van der Waals surface area contributed by atoms with E-state index in [-0.39, 0.29) is 5.91 Å². The second-order valence-electron chi connectivity index (χ2n) is 6.35. The number of nitrogens with one attached hydrogen (secondary N) is 1. The van der Waals surface area contributed by atoms with Crippen molar-refractivity contribution >= 4 is 17.4 Å². The number of nitrogens with zero attached hydrogens (tertiary/aromatic N) is 4. The Kier molecular flexibility index (Phi) is 4.53. The van der Waals surface area contributed by atoms with Gasteiger partial charge in [0.15, 0.2) is 0 Å². The highest BCUT2D eigenvalue weighted by Gasteiger charge is 2.13. The van der Waals surface area contributed by atoms with Crippen molar-refractivity contribution in [2.45, 2.75) is 13.5 Å². The first-order valence-corrected chi connectivity index (χ1v) is 8.71. The van der Waals surface area contributed by atoms with Crippen LogP contribution in [-0.2, 0) is 11.3 Å². The van der Waals surface area contributed by atoms with Gasteiger partial charge in [-0.15, -0.1) is 0 Å². The highest BCUT2D eigenvalue weighted by Crippen LogP contribution is 2.13. The first-order chi connectivity index (χ1) is 12.7. The van der Waals surface area contributed by atoms with Crippen molar-refractivity contribution in [3.8, 4) is 0 Å². The van der Waals surface area contributed by atoms with Gasteiger partial charge in [-0.25, -0.2) is 9.97 Å². The number of aromatic nitrogens is 3. The van der Waals surface area contributed by atoms with Gasteiger partial charge < -0.3 is 19.4 Å². The average Bonchev–Trinajstić information content (AvgIpc) is 3.13. The van der Waals surface area contributed by atoms with Crippen molar-refractivity contribution < 1.29 is 9.53 Å². The Bertz CT molecular complexity index is 913. The minimum Gasteiger partial charge on any atom is -0.378 e. The van der Waals surface area contributed by atoms with Gasteiger partial charge in [-0.1, -0.05) is 12.1 Å². The zero-order valence-corrected chi connectivity index (χ0v) is 14.7. The highest BCUT2D eigenvalue weighted by atomic mass is 16.5. The second-order valence-corrected chi connectivity index (χ2v) is 6.35. The van der Waals surface area contributed by atoms with Crippen LogP contribution in [0.25, 0.3) is 5.65 Å². The smallest absolute Gasteiger partial charge is 0.271 e. The third-order valence-corrected chi connectivity index (χ3v) is 4.51. The van der Waals surface area contributed by atoms with Crippen LogP contribution in [0.3, 0.4) is 0 Å². The number of carbonyl (C=O) groups excluding carboxylic acids is 1. The number of hydrogen-bond donors (Lipinski definition) is 1. The van der Waals surface area contributed by atoms with Gasteiger partial charge in [0.2, 0.25) is 0 Å². The monoisotopic (exact) mass is 351 g/mol. The molecule has 1 fully saturated rings. The number of rotatable bonds is 4. The summed E-state index contributed by atoms with van der Waals surface area (Å²) in [6.07, 6.45) is 5.44. The molecule has 0 unspecified atom stereocenters. The molecular formula is C19H21N5O2. The molecule has 1 amide bonds. The van der Waals surface area contributed by atoms with Gasteiger partial charge >= 0.3 is 0 Å². The summed E-state index contributed by atoms with van der Waals surface area (Å²) in [6, 6.07) is 7.89. The first-order valence-electron chi connectivity index (χ1n) is 8.71. The third-order valence-electron chi connectivity index (χ3n) is 4.51. The minimum atomic E-state index is -0.189. The van der Waals surface area contributed by atoms with Crippen LogP contribution < -0.4 is 10.2 Å². The molecule has 1 saturated heterocycles. The summed E-state index contributed by atoms with van der Waals surface area (Å²) in [5.41, 5.74) is 3.20. The lowest BCUT2D eigenvalue weighted by molar-refractivity contribution is 0.0946. The summed E-state index contributed by atoms with van der Waals surface area (Å²) >= 11 is 0. The molecule has 4 rings (SSSR count). The Labute approximate surface area is 151 Å². The van der Waals surface area contributed by atoms with E-state index in [0.29, 0.717) is 12.2 Å². The van der Waals surface area contributed by atoms with E-state index >= 15 is 0 Å². The van der Waals surface area contributed by atoms with Crippen LogP contribution in [0, 0.1) is 6.92 Å². The van der Waals surface area contributed by atoms with Crippen molar-refractivity contribution in [1.29, 1.82) is 0 Å². The van der Waals surface area contributed by atoms with Crippen LogP contribution in [0.4, 0.5) is 5.82 Å². The molecule has 1 aliphatic heterocycles. The number of hydrogen-bond acceptors (Lipinski definition) is 5. The number of aryl methyl sites for hydroxylation is 1. The number of imidazole rings is 1. The predicted octanol–water partition coefficient (Wildman–Crippen LogP) is 1.80. The SMILES string of the molecule is Cc1cccn2cc(C(=O)NCc3ccc(N4CCOCC4)nc3)nc12. The zero-order chi connectivity index (χ0) is 17.9. The van der Waals surface area contributed by atoms with E-state index in [0.717, 1.165) is 48.9 Å². The Balaban J connectivity index is 1.39. The van der Waals surface area contributed by atoms with Crippen LogP contribution in [0.5, 0.6) is 0 Å². The summed E-state index contributed by atoms with van der Waals surface area (Å²) in [6.45, 7) is 5.58. The van der Waals surface area contributed by atoms with E-state index in [9.17, 15) is 4.79 Å². The predicted molar refractivity (Wildman–Crippen MR) is 98.4 cm³/mol. The van der Waals surface area contributed by atoms with Crippen LogP contribution in [0.15, 0.2) is 42.9 Å². The molecule has 4 heterocycles. The average molecular weight is 351 g/mol. The molecule has 0 radical (unpaired) electrons. The van der Waals surface area contributed by atoms with E-state index < -0.39 is 0 Å². The number of morpholine rings is 1. The van der Waals surface area contributed by atoms with Crippen molar-refractivity contribution in [2.24, 2.45) is 0 Å². The fraction of sp³-hybridized carbons (Fsp3) is 0.316. The Hall–Kier alpha value is -2.93. The molecule has 0 aromatic carbocycles. The molecule has 0 bridgehead atoms. The molecule has 26 heavy (non-hydrogen) atoms. The maximum absolute atomic E-state index is 12.4. The standard InChI is InChI=1S/C19H21N5O2/c1-14-3-2-6-24-13-16(22-18(14)24)19(25)21-12-15-4-5-17(20-11-15)23-7-9-26-10-8-23/h2-6,11,13H,7-10,12H2,1H3,(H,21,25). The van der Waals surface area contributed by atoms with Gasteiger partial charge in [-0.05, 0) is 30.2 Å². The summed E-state index contributed by atoms with van der Waals surface area (Å²) in [4.78, 5) is 23.5. The molecule has 3 aromatic rings. The Morgan fingerprint density at radius 3 is 2.85 bits per heavy atom. The highest BCUT2D eigenvalue weighted by molar-refractivity contribution is 5.92. The molecule has 1 N–H and O–H groups in total. The van der Waals surface area contributed by atoms with E-state index in [1.54, 1.807) is 12.4 Å². The normalized spacial score (nSPS) is 14.6. The fourth-order valence-electron chi connectivity index (χ4n) is 3.04. The van der Waals surface area contributed by atoms with E-state index in [1.165, 1.54) is 0 Å². The summed E-state index contributed by atoms with van der Waals surface area (Å²) in [7, 11) is 0. The van der Waals surface area contributed by atoms with Crippen LogP contribution in [0.1, 0.15) is 21.6 Å². The molecule has 0 spiro atoms. The lowest BCUT2D eigenvalue weighted by Crippen LogP contribution is -2.36. The number of pyridine rings is 2. The van der Waals surface area contributed by atoms with Crippen molar-refractivity contribution in [3.05, 3.63) is 59.7 Å². The lowest BCUT2D eigenvalue weighted by atomic mass is 10.2. The molecule has 1 aliphatic rings. The molecular weight excluding hydrogens is 330 g/mol. The van der Waals surface area contributed by atoms with E-state index in [4.69, 9.17) is 4.74 Å². The molecule has 134 valence electrons. The zero-order valence-electron chi connectivity index (χ0n) is 14.7. The van der Waals surface area contributed by atoms with Crippen molar-refractivity contribution in [3.63, 3.8) is 0 Å². The number of ether oxygens (including phenoxy) is 1. The van der Waals surface area contributed by atoms with Gasteiger partial charge in [-0.3, -0.25) is 4.79 Å². The molecule has 0 saturated carbocycles. The van der Waals surface area contributed by atoms with Crippen LogP contribution in [0.2, 0.25) is 0 Å². The molecule has 0 aliphatic carbocycles. The number of fused-ring (bicyclic) bond motifs is 1. The third kappa shape index (κ3) is 3.39. The molecule has 3 aromatic heterocycles. The first kappa shape index (κ1) is 16.5. The summed E-state index contributed by atoms with van der Waals surface area (Å²) < 4.78 is 7.22. The lowest BCUT2D eigenvalue weighted by Gasteiger charge is -2.27. The van der Waals surface area contributed by atoms with Gasteiger partial charge in [0.1, 0.15) is 17.2 Å². The van der Waals surface area contributed by atoms with E-state index in [2.05, 4.69) is 20.2 Å². The van der Waals surface area contributed by atoms with Crippen molar-refractivity contribution in [1.82, 2.24) is 19.7 Å². The number of carbonyl (C=O) groups is 1. The van der Waals surface area contributed by atoms with Gasteiger partial charge in [0, 0.05) is 38.2 Å². The maximum Gasteiger partial charge on any atom is 0.271 e. The van der Waals surface area contributed by atoms with E-state index in [1.807, 2.05) is 41.8 Å². The number of anilines is 1. The van der Waals surface area contributed by atoms with Gasteiger partial charge in [0.05, 0.1) is 13.2 Å². The topological polar surface area (TPSA) is 71.8 Å². The molecule has 7 heteroatoms. The maximum atomic E-state index is 12.4. The number of amides is 1. The van der Waals surface area contributed by atoms with Crippen molar-refractivity contribution in [2.75, 3.05) is 31.2 Å². The Morgan fingerprint density at radius 2 is 2.12 bits per heavy atom. The summed E-state index contributed by atoms with van der Waals surface area (Å²) in [5, 5.41) is 2.91. The molecule has 0 atom stereocenters. The second kappa shape index (κ2) is 7.13.